The summed E-state index contributed by atoms with van der Waals surface area (Å²) in [5, 5.41) is 14.1. The Labute approximate surface area is 222 Å². The maximum atomic E-state index is 12.2. The highest BCUT2D eigenvalue weighted by Gasteiger charge is 2.22. The number of benzene rings is 2. The molecule has 0 saturated heterocycles. The Hall–Kier alpha value is -3.67. The van der Waals surface area contributed by atoms with Gasteiger partial charge in [-0.1, -0.05) is 43.0 Å². The number of pyridine rings is 1. The second kappa shape index (κ2) is 10.0. The minimum atomic E-state index is -0.873. The van der Waals surface area contributed by atoms with Crippen molar-refractivity contribution in [2.24, 2.45) is 5.92 Å². The lowest BCUT2D eigenvalue weighted by atomic mass is 9.80. The number of hydrogen-bond acceptors (Lipinski definition) is 6. The van der Waals surface area contributed by atoms with Gasteiger partial charge in [0.2, 0.25) is 5.69 Å². The molecule has 10 heteroatoms. The Morgan fingerprint density at radius 3 is 2.59 bits per heavy atom. The fraction of sp³-hybridized carbons (Fsp3) is 0.296. The van der Waals surface area contributed by atoms with Gasteiger partial charge in [0.1, 0.15) is 11.8 Å². The molecule has 1 fully saturated rings. The maximum Gasteiger partial charge on any atom is 0.349 e. The quantitative estimate of drug-likeness (QED) is 0.340. The van der Waals surface area contributed by atoms with E-state index in [1.165, 1.54) is 37.8 Å². The highest BCUT2D eigenvalue weighted by atomic mass is 35.5. The van der Waals surface area contributed by atoms with Crippen molar-refractivity contribution in [3.8, 4) is 23.3 Å². The Morgan fingerprint density at radius 1 is 1.14 bits per heavy atom. The summed E-state index contributed by atoms with van der Waals surface area (Å²) in [4.78, 5) is 30.9. The fourth-order valence-corrected chi connectivity index (χ4v) is 5.46. The first-order valence-electron chi connectivity index (χ1n) is 12.0. The number of halogens is 2. The molecule has 1 aliphatic rings. The number of fused-ring (bicyclic) bond motifs is 1. The molecule has 1 N–H and O–H groups in total. The van der Waals surface area contributed by atoms with E-state index in [1.54, 1.807) is 6.07 Å². The van der Waals surface area contributed by atoms with Crippen LogP contribution >= 0.6 is 23.2 Å². The minimum absolute atomic E-state index is 0.123. The summed E-state index contributed by atoms with van der Waals surface area (Å²) in [5.74, 6) is 1.94. The van der Waals surface area contributed by atoms with Crippen molar-refractivity contribution in [3.63, 3.8) is 0 Å². The Balaban J connectivity index is 1.46. The molecule has 188 valence electrons. The van der Waals surface area contributed by atoms with Crippen molar-refractivity contribution in [2.75, 3.05) is 0 Å². The third-order valence-electron chi connectivity index (χ3n) is 6.74. The lowest BCUT2D eigenvalue weighted by Crippen LogP contribution is -2.33. The summed E-state index contributed by atoms with van der Waals surface area (Å²) < 4.78 is 6.88. The molecule has 0 bridgehead atoms. The molecule has 0 amide bonds. The van der Waals surface area contributed by atoms with E-state index in [1.807, 2.05) is 23.2 Å². The summed E-state index contributed by atoms with van der Waals surface area (Å²) >= 11 is 12.9. The average Bonchev–Trinajstić information content (AvgIpc) is 2.86. The number of H-pyrrole nitrogens is 1. The van der Waals surface area contributed by atoms with Crippen LogP contribution in [-0.2, 0) is 0 Å². The first-order chi connectivity index (χ1) is 17.7. The van der Waals surface area contributed by atoms with Gasteiger partial charge in [-0.3, -0.25) is 14.8 Å². The summed E-state index contributed by atoms with van der Waals surface area (Å²) in [6.07, 6.45) is 4.87. The predicted molar refractivity (Wildman–Crippen MR) is 142 cm³/mol. The van der Waals surface area contributed by atoms with Crippen molar-refractivity contribution in [1.29, 1.82) is 5.26 Å². The van der Waals surface area contributed by atoms with Gasteiger partial charge in [0.05, 0.1) is 21.2 Å². The van der Waals surface area contributed by atoms with Crippen LogP contribution in [0.3, 0.4) is 0 Å². The van der Waals surface area contributed by atoms with Crippen molar-refractivity contribution >= 4 is 34.1 Å². The van der Waals surface area contributed by atoms with Gasteiger partial charge in [-0.15, -0.1) is 5.10 Å². The number of hydrogen-bond donors (Lipinski definition) is 1. The fourth-order valence-electron chi connectivity index (χ4n) is 4.91. The van der Waals surface area contributed by atoms with Crippen LogP contribution in [0.25, 0.3) is 16.6 Å². The molecule has 2 unspecified atom stereocenters. The van der Waals surface area contributed by atoms with E-state index in [-0.39, 0.29) is 21.5 Å². The van der Waals surface area contributed by atoms with Gasteiger partial charge in [-0.25, -0.2) is 4.79 Å². The first-order valence-corrected chi connectivity index (χ1v) is 12.7. The summed E-state index contributed by atoms with van der Waals surface area (Å²) in [6.45, 7) is 4.38. The zero-order valence-corrected chi connectivity index (χ0v) is 21.7. The number of aromatic nitrogens is 4. The van der Waals surface area contributed by atoms with Crippen LogP contribution in [0.15, 0.2) is 46.0 Å². The standard InChI is InChI=1S/C27H23Cl2N5O3/c1-14-4-3-5-16(8-14)23-9-15(2)19-12-18(6-7-22(19)31-23)37-25-20(28)10-17(11-21(25)29)34-27(36)32-26(35)24(13-30)33-34/h6-7,9-12,14,16H,3-5,8H2,1-2H3,(H,32,35,36). The molecule has 5 rings (SSSR count). The smallest absolute Gasteiger partial charge is 0.349 e. The third-order valence-corrected chi connectivity index (χ3v) is 7.30. The largest absolute Gasteiger partial charge is 0.454 e. The third kappa shape index (κ3) is 4.97. The van der Waals surface area contributed by atoms with Crippen molar-refractivity contribution in [2.45, 2.75) is 45.4 Å². The van der Waals surface area contributed by atoms with Crippen LogP contribution < -0.4 is 16.0 Å². The van der Waals surface area contributed by atoms with Gasteiger partial charge in [0, 0.05) is 17.0 Å². The van der Waals surface area contributed by atoms with Gasteiger partial charge >= 0.3 is 5.69 Å². The normalized spacial score (nSPS) is 17.5. The number of aryl methyl sites for hydroxylation is 1. The van der Waals surface area contributed by atoms with E-state index in [9.17, 15) is 9.59 Å². The van der Waals surface area contributed by atoms with Crippen molar-refractivity contribution < 1.29 is 4.74 Å². The summed E-state index contributed by atoms with van der Waals surface area (Å²) in [5.41, 5.74) is 1.18. The lowest BCUT2D eigenvalue weighted by Gasteiger charge is -2.26. The molecule has 0 aliphatic heterocycles. The number of aromatic amines is 1. The minimum Gasteiger partial charge on any atom is -0.454 e. The topological polar surface area (TPSA) is 114 Å². The number of nitrogens with one attached hydrogen (secondary N) is 1. The van der Waals surface area contributed by atoms with Crippen LogP contribution in [0.4, 0.5) is 0 Å². The Bertz CT molecular complexity index is 1670. The molecule has 2 aromatic carbocycles. The summed E-state index contributed by atoms with van der Waals surface area (Å²) in [7, 11) is 0. The lowest BCUT2D eigenvalue weighted by molar-refractivity contribution is 0.340. The molecular weight excluding hydrogens is 513 g/mol. The van der Waals surface area contributed by atoms with E-state index < -0.39 is 16.9 Å². The second-order valence-electron chi connectivity index (χ2n) is 9.48. The van der Waals surface area contributed by atoms with E-state index in [0.717, 1.165) is 32.8 Å². The highest BCUT2D eigenvalue weighted by Crippen LogP contribution is 2.40. The maximum absolute atomic E-state index is 12.2. The molecule has 37 heavy (non-hydrogen) atoms. The van der Waals surface area contributed by atoms with Crippen LogP contribution in [0.1, 0.15) is 55.5 Å². The van der Waals surface area contributed by atoms with Gasteiger partial charge in [-0.2, -0.15) is 9.94 Å². The van der Waals surface area contributed by atoms with Gasteiger partial charge in [0.15, 0.2) is 5.75 Å². The van der Waals surface area contributed by atoms with Crippen LogP contribution in [0.2, 0.25) is 10.0 Å². The molecule has 2 aromatic heterocycles. The summed E-state index contributed by atoms with van der Waals surface area (Å²) in [6, 6.07) is 12.3. The van der Waals surface area contributed by atoms with Crippen LogP contribution in [-0.4, -0.2) is 19.7 Å². The molecule has 0 spiro atoms. The average molecular weight is 536 g/mol. The van der Waals surface area contributed by atoms with Gasteiger partial charge < -0.3 is 4.74 Å². The molecule has 1 saturated carbocycles. The highest BCUT2D eigenvalue weighted by molar-refractivity contribution is 6.37. The van der Waals surface area contributed by atoms with E-state index in [2.05, 4.69) is 25.0 Å². The monoisotopic (exact) mass is 535 g/mol. The predicted octanol–water partition coefficient (Wildman–Crippen LogP) is 6.04. The first kappa shape index (κ1) is 25.0. The molecule has 8 nitrogen and oxygen atoms in total. The molecule has 4 aromatic rings. The molecule has 2 atom stereocenters. The molecule has 0 radical (unpaired) electrons. The molecular formula is C27H23Cl2N5O3. The van der Waals surface area contributed by atoms with E-state index in [0.29, 0.717) is 11.7 Å². The SMILES string of the molecule is Cc1cc(C2CCCC(C)C2)nc2ccc(Oc3c(Cl)cc(-n4nc(C#N)c(=O)[nH]c4=O)cc3Cl)cc12. The molecule has 1 aliphatic carbocycles. The van der Waals surface area contributed by atoms with Crippen molar-refractivity contribution in [1.82, 2.24) is 19.7 Å². The van der Waals surface area contributed by atoms with Crippen molar-refractivity contribution in [3.05, 3.63) is 84.2 Å². The number of nitrogens with zero attached hydrogens (tertiary/aromatic N) is 4. The van der Waals surface area contributed by atoms with E-state index in [4.69, 9.17) is 38.2 Å². The van der Waals surface area contributed by atoms with E-state index >= 15 is 0 Å². The van der Waals surface area contributed by atoms with Crippen LogP contribution in [0, 0.1) is 24.2 Å². The number of nitriles is 1. The Morgan fingerprint density at radius 2 is 1.89 bits per heavy atom. The second-order valence-corrected chi connectivity index (χ2v) is 10.3. The zero-order valence-electron chi connectivity index (χ0n) is 20.2. The van der Waals surface area contributed by atoms with Crippen LogP contribution in [0.5, 0.6) is 11.5 Å². The zero-order chi connectivity index (χ0) is 26.3. The van der Waals surface area contributed by atoms with Gasteiger partial charge in [-0.05, 0) is 67.6 Å². The Kier molecular flexibility index (Phi) is 6.76. The van der Waals surface area contributed by atoms with Gasteiger partial charge in [0.25, 0.3) is 5.56 Å². The number of rotatable bonds is 4. The number of ether oxygens (including phenoxy) is 1. The molecule has 2 heterocycles.